The maximum atomic E-state index is 10.2. The number of nitrogens with zero attached hydrogens (tertiary/aromatic N) is 4. The first kappa shape index (κ1) is 12.7. The van der Waals surface area contributed by atoms with Crippen LogP contribution < -0.4 is 0 Å². The average molecular weight is 246 g/mol. The molecule has 1 N–H and O–H groups in total. The highest BCUT2D eigenvalue weighted by atomic mass is 16.3. The summed E-state index contributed by atoms with van der Waals surface area (Å²) in [5.74, 6) is 0.800. The van der Waals surface area contributed by atoms with E-state index in [9.17, 15) is 5.11 Å². The first-order valence-corrected chi connectivity index (χ1v) is 6.18. The van der Waals surface area contributed by atoms with Crippen molar-refractivity contribution in [1.29, 1.82) is 0 Å². The quantitative estimate of drug-likeness (QED) is 0.871. The summed E-state index contributed by atoms with van der Waals surface area (Å²) in [6, 6.07) is 3.81. The first-order chi connectivity index (χ1) is 8.72. The van der Waals surface area contributed by atoms with E-state index in [0.717, 1.165) is 24.4 Å². The summed E-state index contributed by atoms with van der Waals surface area (Å²) < 4.78 is 1.83. The number of aliphatic hydroxyl groups is 1. The van der Waals surface area contributed by atoms with Crippen LogP contribution >= 0.6 is 0 Å². The van der Waals surface area contributed by atoms with Gasteiger partial charge in [-0.05, 0) is 25.0 Å². The molecule has 2 heterocycles. The van der Waals surface area contributed by atoms with Gasteiger partial charge in [0.25, 0.3) is 0 Å². The van der Waals surface area contributed by atoms with Crippen LogP contribution in [0, 0.1) is 6.92 Å². The Kier molecular flexibility index (Phi) is 4.04. The van der Waals surface area contributed by atoms with Crippen LogP contribution in [0.3, 0.4) is 0 Å². The maximum absolute atomic E-state index is 10.2. The van der Waals surface area contributed by atoms with Crippen LogP contribution in [0.2, 0.25) is 0 Å². The van der Waals surface area contributed by atoms with Crippen LogP contribution in [0.4, 0.5) is 0 Å². The Morgan fingerprint density at radius 1 is 1.39 bits per heavy atom. The molecule has 5 heteroatoms. The van der Waals surface area contributed by atoms with E-state index in [1.165, 1.54) is 6.33 Å². The fraction of sp³-hybridized carbons (Fsp3) is 0.462. The second-order valence-corrected chi connectivity index (χ2v) is 4.32. The van der Waals surface area contributed by atoms with Gasteiger partial charge in [-0.2, -0.15) is 5.10 Å². The molecule has 0 fully saturated rings. The minimum absolute atomic E-state index is 0.442. The minimum atomic E-state index is -0.633. The van der Waals surface area contributed by atoms with Gasteiger partial charge in [-0.1, -0.05) is 13.0 Å². The Labute approximate surface area is 107 Å². The number of rotatable bonds is 5. The molecule has 2 aromatic heterocycles. The molecule has 0 bridgehead atoms. The molecule has 96 valence electrons. The second kappa shape index (κ2) is 5.73. The van der Waals surface area contributed by atoms with Gasteiger partial charge in [0.1, 0.15) is 18.3 Å². The monoisotopic (exact) mass is 246 g/mol. The van der Waals surface area contributed by atoms with E-state index >= 15 is 0 Å². The van der Waals surface area contributed by atoms with Gasteiger partial charge in [-0.15, -0.1) is 0 Å². The second-order valence-electron chi connectivity index (χ2n) is 4.32. The number of aryl methyl sites for hydroxylation is 2. The zero-order chi connectivity index (χ0) is 13.0. The first-order valence-electron chi connectivity index (χ1n) is 6.18. The van der Waals surface area contributed by atoms with E-state index in [4.69, 9.17) is 0 Å². The fourth-order valence-corrected chi connectivity index (χ4v) is 1.96. The number of aliphatic hydroxyl groups excluding tert-OH is 1. The highest BCUT2D eigenvalue weighted by molar-refractivity contribution is 5.20. The van der Waals surface area contributed by atoms with Gasteiger partial charge in [0, 0.05) is 19.2 Å². The van der Waals surface area contributed by atoms with Crippen molar-refractivity contribution in [1.82, 2.24) is 19.7 Å². The third-order valence-corrected chi connectivity index (χ3v) is 2.87. The zero-order valence-corrected chi connectivity index (χ0v) is 10.7. The number of hydrogen-bond acceptors (Lipinski definition) is 4. The molecule has 0 aliphatic carbocycles. The topological polar surface area (TPSA) is 63.8 Å². The van der Waals surface area contributed by atoms with E-state index < -0.39 is 6.10 Å². The zero-order valence-electron chi connectivity index (χ0n) is 10.7. The average Bonchev–Trinajstić information content (AvgIpc) is 2.78. The van der Waals surface area contributed by atoms with Crippen LogP contribution in [0.15, 0.2) is 24.7 Å². The molecule has 0 aliphatic heterocycles. The van der Waals surface area contributed by atoms with Gasteiger partial charge < -0.3 is 5.11 Å². The molecule has 1 unspecified atom stereocenters. The lowest BCUT2D eigenvalue weighted by molar-refractivity contribution is 0.168. The van der Waals surface area contributed by atoms with Crippen molar-refractivity contribution in [2.24, 2.45) is 0 Å². The molecule has 0 saturated heterocycles. The number of pyridine rings is 1. The van der Waals surface area contributed by atoms with Crippen LogP contribution in [0.5, 0.6) is 0 Å². The van der Waals surface area contributed by atoms with Crippen molar-refractivity contribution in [2.75, 3.05) is 0 Å². The van der Waals surface area contributed by atoms with Gasteiger partial charge in [0.05, 0.1) is 5.69 Å². The smallest absolute Gasteiger partial charge is 0.138 e. The summed E-state index contributed by atoms with van der Waals surface area (Å²) in [5.41, 5.74) is 1.70. The van der Waals surface area contributed by atoms with Crippen LogP contribution in [-0.4, -0.2) is 24.9 Å². The van der Waals surface area contributed by atoms with Gasteiger partial charge >= 0.3 is 0 Å². The van der Waals surface area contributed by atoms with Gasteiger partial charge in [0.2, 0.25) is 0 Å². The number of hydrogen-bond donors (Lipinski definition) is 1. The third kappa shape index (κ3) is 2.73. The van der Waals surface area contributed by atoms with Gasteiger partial charge in [-0.25, -0.2) is 4.98 Å². The molecule has 5 nitrogen and oxygen atoms in total. The standard InChI is InChI=1S/C13H18N4O/c1-3-7-17-12(15-9-16-17)8-11(18)13-10(2)5-4-6-14-13/h4-6,9,11,18H,3,7-8H2,1-2H3. The summed E-state index contributed by atoms with van der Waals surface area (Å²) in [4.78, 5) is 8.42. The molecule has 2 aromatic rings. The van der Waals surface area contributed by atoms with Crippen molar-refractivity contribution in [3.05, 3.63) is 41.7 Å². The lowest BCUT2D eigenvalue weighted by atomic mass is 10.1. The van der Waals surface area contributed by atoms with Gasteiger partial charge in [-0.3, -0.25) is 9.67 Å². The van der Waals surface area contributed by atoms with E-state index in [-0.39, 0.29) is 0 Å². The lowest BCUT2D eigenvalue weighted by Gasteiger charge is -2.12. The Morgan fingerprint density at radius 3 is 2.94 bits per heavy atom. The van der Waals surface area contributed by atoms with Crippen molar-refractivity contribution in [3.63, 3.8) is 0 Å². The third-order valence-electron chi connectivity index (χ3n) is 2.87. The molecule has 0 saturated carbocycles. The highest BCUT2D eigenvalue weighted by Gasteiger charge is 2.15. The van der Waals surface area contributed by atoms with Crippen LogP contribution in [-0.2, 0) is 13.0 Å². The van der Waals surface area contributed by atoms with Crippen molar-refractivity contribution < 1.29 is 5.11 Å². The van der Waals surface area contributed by atoms with Crippen molar-refractivity contribution in [2.45, 2.75) is 39.3 Å². The van der Waals surface area contributed by atoms with E-state index in [1.807, 2.05) is 23.7 Å². The van der Waals surface area contributed by atoms with Crippen LogP contribution in [0.1, 0.15) is 36.5 Å². The molecular formula is C13H18N4O. The summed E-state index contributed by atoms with van der Waals surface area (Å²) >= 11 is 0. The summed E-state index contributed by atoms with van der Waals surface area (Å²) in [6.45, 7) is 4.86. The van der Waals surface area contributed by atoms with Gasteiger partial charge in [0.15, 0.2) is 0 Å². The van der Waals surface area contributed by atoms with Crippen molar-refractivity contribution >= 4 is 0 Å². The van der Waals surface area contributed by atoms with E-state index in [0.29, 0.717) is 12.1 Å². The van der Waals surface area contributed by atoms with E-state index in [2.05, 4.69) is 22.0 Å². The molecule has 0 spiro atoms. The Hall–Kier alpha value is -1.75. The maximum Gasteiger partial charge on any atom is 0.138 e. The Bertz CT molecular complexity index is 509. The van der Waals surface area contributed by atoms with E-state index in [1.54, 1.807) is 6.20 Å². The molecule has 0 radical (unpaired) electrons. The molecular weight excluding hydrogens is 228 g/mol. The molecule has 18 heavy (non-hydrogen) atoms. The molecule has 0 aromatic carbocycles. The Morgan fingerprint density at radius 2 is 2.22 bits per heavy atom. The lowest BCUT2D eigenvalue weighted by Crippen LogP contribution is -2.12. The molecule has 0 amide bonds. The fourth-order valence-electron chi connectivity index (χ4n) is 1.96. The molecule has 1 atom stereocenters. The Balaban J connectivity index is 2.14. The molecule has 2 rings (SSSR count). The molecule has 0 aliphatic rings. The largest absolute Gasteiger partial charge is 0.386 e. The summed E-state index contributed by atoms with van der Waals surface area (Å²) in [5, 5.41) is 14.4. The normalized spacial score (nSPS) is 12.6. The predicted octanol–water partition coefficient (Wildman–Crippen LogP) is 1.67. The SMILES string of the molecule is CCCn1ncnc1CC(O)c1ncccc1C. The predicted molar refractivity (Wildman–Crippen MR) is 68.0 cm³/mol. The van der Waals surface area contributed by atoms with Crippen LogP contribution in [0.25, 0.3) is 0 Å². The number of aromatic nitrogens is 4. The minimum Gasteiger partial charge on any atom is -0.386 e. The summed E-state index contributed by atoms with van der Waals surface area (Å²) in [6.07, 6.45) is 4.03. The van der Waals surface area contributed by atoms with Crippen molar-refractivity contribution in [3.8, 4) is 0 Å². The summed E-state index contributed by atoms with van der Waals surface area (Å²) in [7, 11) is 0. The highest BCUT2D eigenvalue weighted by Crippen LogP contribution is 2.18.